The second-order valence-electron chi connectivity index (χ2n) is 5.81. The molecule has 6 heteroatoms. The molecule has 0 aromatic heterocycles. The van der Waals surface area contributed by atoms with E-state index in [2.05, 4.69) is 24.1 Å². The maximum atomic E-state index is 12.4. The third kappa shape index (κ3) is 3.95. The fraction of sp³-hybridized carbons (Fsp3) is 0.867. The minimum atomic E-state index is -0.320. The fourth-order valence-electron chi connectivity index (χ4n) is 3.28. The van der Waals surface area contributed by atoms with E-state index in [9.17, 15) is 9.59 Å². The summed E-state index contributed by atoms with van der Waals surface area (Å²) in [5, 5.41) is 3.25. The van der Waals surface area contributed by atoms with Gasteiger partial charge in [0.15, 0.2) is 0 Å². The zero-order valence-electron chi connectivity index (χ0n) is 13.3. The predicted octanol–water partition coefficient (Wildman–Crippen LogP) is -0.249. The monoisotopic (exact) mass is 296 g/mol. The number of amides is 2. The lowest BCUT2D eigenvalue weighted by Gasteiger charge is -2.27. The van der Waals surface area contributed by atoms with Crippen LogP contribution in [0.2, 0.25) is 0 Å². The van der Waals surface area contributed by atoms with Gasteiger partial charge in [-0.25, -0.2) is 0 Å². The maximum Gasteiger partial charge on any atom is 0.312 e. The molecule has 2 heterocycles. The molecule has 1 N–H and O–H groups in total. The molecular weight excluding hydrogens is 268 g/mol. The van der Waals surface area contributed by atoms with Crippen molar-refractivity contribution in [2.45, 2.75) is 32.7 Å². The quantitative estimate of drug-likeness (QED) is 0.730. The first kappa shape index (κ1) is 16.2. The molecule has 0 aliphatic carbocycles. The number of carbonyl (C=O) groups is 2. The van der Waals surface area contributed by atoms with Crippen LogP contribution in [0.3, 0.4) is 0 Å². The summed E-state index contributed by atoms with van der Waals surface area (Å²) >= 11 is 0. The third-order valence-electron chi connectivity index (χ3n) is 4.59. The molecular formula is C15H28N4O2. The van der Waals surface area contributed by atoms with Gasteiger partial charge in [-0.2, -0.15) is 0 Å². The van der Waals surface area contributed by atoms with E-state index >= 15 is 0 Å². The number of likely N-dealkylation sites (N-methyl/N-ethyl adjacent to an activating group) is 1. The zero-order valence-corrected chi connectivity index (χ0v) is 13.3. The van der Waals surface area contributed by atoms with Gasteiger partial charge in [-0.3, -0.25) is 14.5 Å². The molecule has 2 amide bonds. The molecule has 2 saturated heterocycles. The first-order valence-electron chi connectivity index (χ1n) is 8.20. The van der Waals surface area contributed by atoms with Crippen molar-refractivity contribution in [1.29, 1.82) is 0 Å². The number of rotatable bonds is 3. The largest absolute Gasteiger partial charge is 0.333 e. The molecule has 2 aliphatic rings. The van der Waals surface area contributed by atoms with Crippen LogP contribution in [-0.4, -0.2) is 84.9 Å². The standard InChI is InChI=1S/C15H28N4O2/c1-3-17(4-2)13-6-10-19(12-13)15(21)14(20)18-9-5-7-16-8-11-18/h13,16H,3-12H2,1-2H3. The topological polar surface area (TPSA) is 55.9 Å². The lowest BCUT2D eigenvalue weighted by Crippen LogP contribution is -2.46. The Morgan fingerprint density at radius 2 is 1.76 bits per heavy atom. The van der Waals surface area contributed by atoms with Crippen LogP contribution in [0.15, 0.2) is 0 Å². The lowest BCUT2D eigenvalue weighted by molar-refractivity contribution is -0.151. The second-order valence-corrected chi connectivity index (χ2v) is 5.81. The molecule has 0 radical (unpaired) electrons. The van der Waals surface area contributed by atoms with E-state index in [4.69, 9.17) is 0 Å². The summed E-state index contributed by atoms with van der Waals surface area (Å²) in [5.74, 6) is -0.634. The lowest BCUT2D eigenvalue weighted by atomic mass is 10.2. The van der Waals surface area contributed by atoms with Crippen LogP contribution in [0.25, 0.3) is 0 Å². The van der Waals surface area contributed by atoms with E-state index in [0.717, 1.165) is 39.0 Å². The Morgan fingerprint density at radius 3 is 2.48 bits per heavy atom. The predicted molar refractivity (Wildman–Crippen MR) is 82.0 cm³/mol. The van der Waals surface area contributed by atoms with Gasteiger partial charge < -0.3 is 15.1 Å². The first-order chi connectivity index (χ1) is 10.2. The van der Waals surface area contributed by atoms with Gasteiger partial charge in [0.05, 0.1) is 0 Å². The molecule has 0 aromatic carbocycles. The van der Waals surface area contributed by atoms with E-state index < -0.39 is 0 Å². The van der Waals surface area contributed by atoms with Gasteiger partial charge in [0.25, 0.3) is 0 Å². The van der Waals surface area contributed by atoms with Gasteiger partial charge in [0.1, 0.15) is 0 Å². The van der Waals surface area contributed by atoms with Crippen LogP contribution < -0.4 is 5.32 Å². The zero-order chi connectivity index (χ0) is 15.2. The van der Waals surface area contributed by atoms with Crippen molar-refractivity contribution in [3.63, 3.8) is 0 Å². The van der Waals surface area contributed by atoms with Gasteiger partial charge in [-0.15, -0.1) is 0 Å². The number of nitrogens with one attached hydrogen (secondary N) is 1. The van der Waals surface area contributed by atoms with Crippen LogP contribution in [0.5, 0.6) is 0 Å². The molecule has 2 fully saturated rings. The smallest absolute Gasteiger partial charge is 0.312 e. The molecule has 120 valence electrons. The number of hydrogen-bond donors (Lipinski definition) is 1. The molecule has 0 saturated carbocycles. The van der Waals surface area contributed by atoms with Gasteiger partial charge in [0, 0.05) is 38.8 Å². The van der Waals surface area contributed by atoms with Gasteiger partial charge in [0.2, 0.25) is 0 Å². The molecule has 6 nitrogen and oxygen atoms in total. The van der Waals surface area contributed by atoms with Crippen molar-refractivity contribution in [3.05, 3.63) is 0 Å². The minimum Gasteiger partial charge on any atom is -0.333 e. The molecule has 1 unspecified atom stereocenters. The van der Waals surface area contributed by atoms with E-state index in [1.54, 1.807) is 9.80 Å². The number of hydrogen-bond acceptors (Lipinski definition) is 4. The second kappa shape index (κ2) is 7.75. The van der Waals surface area contributed by atoms with Crippen LogP contribution >= 0.6 is 0 Å². The number of nitrogens with zero attached hydrogens (tertiary/aromatic N) is 3. The van der Waals surface area contributed by atoms with Crippen LogP contribution in [-0.2, 0) is 9.59 Å². The highest BCUT2D eigenvalue weighted by Crippen LogP contribution is 2.16. The molecule has 0 aromatic rings. The van der Waals surface area contributed by atoms with E-state index in [0.29, 0.717) is 32.2 Å². The fourth-order valence-corrected chi connectivity index (χ4v) is 3.28. The summed E-state index contributed by atoms with van der Waals surface area (Å²) in [5.41, 5.74) is 0. The first-order valence-corrected chi connectivity index (χ1v) is 8.20. The normalized spacial score (nSPS) is 23.5. The third-order valence-corrected chi connectivity index (χ3v) is 4.59. The Bertz CT molecular complexity index is 363. The number of carbonyl (C=O) groups excluding carboxylic acids is 2. The summed E-state index contributed by atoms with van der Waals surface area (Å²) in [6.45, 7) is 10.7. The average molecular weight is 296 g/mol. The Hall–Kier alpha value is -1.14. The van der Waals surface area contributed by atoms with E-state index in [1.165, 1.54) is 0 Å². The Morgan fingerprint density at radius 1 is 1.05 bits per heavy atom. The Labute approximate surface area is 127 Å². The molecule has 2 aliphatic heterocycles. The molecule has 0 bridgehead atoms. The summed E-state index contributed by atoms with van der Waals surface area (Å²) in [6.07, 6.45) is 1.89. The molecule has 0 spiro atoms. The highest BCUT2D eigenvalue weighted by molar-refractivity contribution is 6.35. The van der Waals surface area contributed by atoms with Gasteiger partial charge in [-0.05, 0) is 32.5 Å². The van der Waals surface area contributed by atoms with Crippen molar-refractivity contribution < 1.29 is 9.59 Å². The SMILES string of the molecule is CCN(CC)C1CCN(C(=O)C(=O)N2CCCNCC2)C1. The Kier molecular flexibility index (Phi) is 5.99. The van der Waals surface area contributed by atoms with E-state index in [-0.39, 0.29) is 11.8 Å². The van der Waals surface area contributed by atoms with Crippen molar-refractivity contribution >= 4 is 11.8 Å². The summed E-state index contributed by atoms with van der Waals surface area (Å²) in [7, 11) is 0. The van der Waals surface area contributed by atoms with Gasteiger partial charge in [-0.1, -0.05) is 13.8 Å². The molecule has 21 heavy (non-hydrogen) atoms. The number of likely N-dealkylation sites (tertiary alicyclic amines) is 1. The summed E-state index contributed by atoms with van der Waals surface area (Å²) in [4.78, 5) is 30.6. The van der Waals surface area contributed by atoms with Crippen LogP contribution in [0.1, 0.15) is 26.7 Å². The van der Waals surface area contributed by atoms with E-state index in [1.807, 2.05) is 0 Å². The van der Waals surface area contributed by atoms with Crippen molar-refractivity contribution in [1.82, 2.24) is 20.0 Å². The van der Waals surface area contributed by atoms with Crippen LogP contribution in [0.4, 0.5) is 0 Å². The van der Waals surface area contributed by atoms with Gasteiger partial charge >= 0.3 is 11.8 Å². The van der Waals surface area contributed by atoms with Crippen molar-refractivity contribution in [2.24, 2.45) is 0 Å². The van der Waals surface area contributed by atoms with Crippen LogP contribution in [0, 0.1) is 0 Å². The highest BCUT2D eigenvalue weighted by Gasteiger charge is 2.34. The average Bonchev–Trinajstić information content (AvgIpc) is 2.82. The van der Waals surface area contributed by atoms with Crippen molar-refractivity contribution in [3.8, 4) is 0 Å². The Balaban J connectivity index is 1.89. The maximum absolute atomic E-state index is 12.4. The minimum absolute atomic E-state index is 0.313. The molecule has 2 rings (SSSR count). The highest BCUT2D eigenvalue weighted by atomic mass is 16.2. The summed E-state index contributed by atoms with van der Waals surface area (Å²) in [6, 6.07) is 0.405. The van der Waals surface area contributed by atoms with Crippen molar-refractivity contribution in [2.75, 3.05) is 52.4 Å². The summed E-state index contributed by atoms with van der Waals surface area (Å²) < 4.78 is 0. The molecule has 1 atom stereocenters.